The van der Waals surface area contributed by atoms with Gasteiger partial charge in [0, 0.05) is 14.5 Å². The van der Waals surface area contributed by atoms with Gasteiger partial charge in [0.1, 0.15) is 0 Å². The van der Waals surface area contributed by atoms with E-state index in [4.69, 9.17) is 5.11 Å². The van der Waals surface area contributed by atoms with E-state index >= 15 is 0 Å². The average Bonchev–Trinajstić information content (AvgIpc) is 2.71. The van der Waals surface area contributed by atoms with Crippen LogP contribution < -0.4 is 0 Å². The molecule has 0 bridgehead atoms. The first-order chi connectivity index (χ1) is 8.08. The Morgan fingerprint density at radius 2 is 2.24 bits per heavy atom. The van der Waals surface area contributed by atoms with E-state index in [-0.39, 0.29) is 0 Å². The Kier molecular flexibility index (Phi) is 3.30. The largest absolute Gasteiger partial charge is 0.475 e. The lowest BCUT2D eigenvalue weighted by atomic mass is 10.3. The molecule has 1 heterocycles. The van der Waals surface area contributed by atoms with Gasteiger partial charge in [-0.2, -0.15) is 0 Å². The van der Waals surface area contributed by atoms with Gasteiger partial charge in [-0.1, -0.05) is 0 Å². The summed E-state index contributed by atoms with van der Waals surface area (Å²) in [5, 5.41) is 20.5. The minimum absolute atomic E-state index is 0.583. The molecule has 1 atom stereocenters. The standard InChI is InChI=1S/C10H7NO4S2/c12-10(13)9(11(14)15)17-7-1-2-8-6(5-7)3-4-16-8/h1-5,9H,(H,12,13). The van der Waals surface area contributed by atoms with Crippen LogP contribution in [0.4, 0.5) is 0 Å². The van der Waals surface area contributed by atoms with E-state index in [1.807, 2.05) is 17.5 Å². The minimum Gasteiger partial charge on any atom is -0.475 e. The summed E-state index contributed by atoms with van der Waals surface area (Å²) in [6.45, 7) is 0. The number of nitro groups is 1. The third-order valence-corrected chi connectivity index (χ3v) is 4.10. The summed E-state index contributed by atoms with van der Waals surface area (Å²) >= 11 is 2.30. The molecule has 0 aliphatic rings. The molecule has 0 radical (unpaired) electrons. The van der Waals surface area contributed by atoms with E-state index in [0.717, 1.165) is 21.8 Å². The van der Waals surface area contributed by atoms with E-state index < -0.39 is 16.3 Å². The van der Waals surface area contributed by atoms with Crippen LogP contribution in [-0.2, 0) is 4.79 Å². The first-order valence-corrected chi connectivity index (χ1v) is 6.34. The van der Waals surface area contributed by atoms with Crippen LogP contribution in [0.5, 0.6) is 0 Å². The van der Waals surface area contributed by atoms with E-state index in [1.54, 1.807) is 23.5 Å². The average molecular weight is 269 g/mol. The maximum atomic E-state index is 10.7. The number of hydrogen-bond donors (Lipinski definition) is 1. The van der Waals surface area contributed by atoms with Crippen LogP contribution in [0.25, 0.3) is 10.1 Å². The van der Waals surface area contributed by atoms with Gasteiger partial charge >= 0.3 is 11.3 Å². The van der Waals surface area contributed by atoms with Crippen molar-refractivity contribution >= 4 is 39.2 Å². The second kappa shape index (κ2) is 4.72. The normalized spacial score (nSPS) is 12.5. The maximum Gasteiger partial charge on any atom is 0.390 e. The number of thioether (sulfide) groups is 1. The molecule has 1 aromatic heterocycles. The van der Waals surface area contributed by atoms with Crippen molar-refractivity contribution in [2.24, 2.45) is 0 Å². The summed E-state index contributed by atoms with van der Waals surface area (Å²) in [4.78, 5) is 21.0. The molecule has 1 aromatic carbocycles. The van der Waals surface area contributed by atoms with Crippen molar-refractivity contribution in [2.45, 2.75) is 10.3 Å². The molecule has 7 heteroatoms. The number of rotatable bonds is 4. The van der Waals surface area contributed by atoms with Crippen molar-refractivity contribution in [1.82, 2.24) is 0 Å². The molecule has 0 saturated carbocycles. The highest BCUT2D eigenvalue weighted by Gasteiger charge is 2.30. The molecule has 0 fully saturated rings. The smallest absolute Gasteiger partial charge is 0.390 e. The summed E-state index contributed by atoms with van der Waals surface area (Å²) in [5.74, 6) is -1.44. The lowest BCUT2D eigenvalue weighted by molar-refractivity contribution is -0.484. The van der Waals surface area contributed by atoms with Crippen molar-refractivity contribution in [3.8, 4) is 0 Å². The Bertz CT molecular complexity index is 566. The summed E-state index contributed by atoms with van der Waals surface area (Å²) in [6.07, 6.45) is 0. The predicted octanol–water partition coefficient (Wildman–Crippen LogP) is 2.68. The van der Waals surface area contributed by atoms with Crippen LogP contribution in [0.2, 0.25) is 0 Å². The fourth-order valence-electron chi connectivity index (χ4n) is 1.33. The Balaban J connectivity index is 2.27. The first kappa shape index (κ1) is 11.9. The number of fused-ring (bicyclic) bond motifs is 1. The van der Waals surface area contributed by atoms with Gasteiger partial charge in [-0.3, -0.25) is 10.1 Å². The van der Waals surface area contributed by atoms with Gasteiger partial charge in [-0.05, 0) is 46.8 Å². The van der Waals surface area contributed by atoms with Crippen molar-refractivity contribution < 1.29 is 14.8 Å². The first-order valence-electron chi connectivity index (χ1n) is 4.58. The number of benzene rings is 1. The number of thiophene rings is 1. The predicted molar refractivity (Wildman–Crippen MR) is 66.1 cm³/mol. The summed E-state index contributed by atoms with van der Waals surface area (Å²) < 4.78 is 1.07. The van der Waals surface area contributed by atoms with Crippen molar-refractivity contribution in [3.63, 3.8) is 0 Å². The van der Waals surface area contributed by atoms with Gasteiger partial charge in [-0.15, -0.1) is 11.3 Å². The topological polar surface area (TPSA) is 80.4 Å². The van der Waals surface area contributed by atoms with E-state index in [2.05, 4.69) is 0 Å². The fraction of sp³-hybridized carbons (Fsp3) is 0.100. The Morgan fingerprint density at radius 1 is 1.47 bits per heavy atom. The molecule has 5 nitrogen and oxygen atoms in total. The fourth-order valence-corrected chi connectivity index (χ4v) is 2.89. The van der Waals surface area contributed by atoms with Gasteiger partial charge in [0.15, 0.2) is 0 Å². The zero-order valence-electron chi connectivity index (χ0n) is 8.40. The number of carboxylic acid groups (broad SMARTS) is 1. The molecule has 1 N–H and O–H groups in total. The highest BCUT2D eigenvalue weighted by Crippen LogP contribution is 2.29. The molecule has 17 heavy (non-hydrogen) atoms. The maximum absolute atomic E-state index is 10.7. The van der Waals surface area contributed by atoms with Crippen molar-refractivity contribution in [1.29, 1.82) is 0 Å². The Morgan fingerprint density at radius 3 is 2.88 bits per heavy atom. The van der Waals surface area contributed by atoms with Crippen molar-refractivity contribution in [3.05, 3.63) is 39.8 Å². The molecule has 1 unspecified atom stereocenters. The second-order valence-electron chi connectivity index (χ2n) is 3.21. The van der Waals surface area contributed by atoms with Crippen LogP contribution >= 0.6 is 23.1 Å². The Hall–Kier alpha value is -1.60. The molecule has 2 rings (SSSR count). The number of carbonyl (C=O) groups is 1. The molecule has 88 valence electrons. The highest BCUT2D eigenvalue weighted by molar-refractivity contribution is 8.00. The number of hydrogen-bond acceptors (Lipinski definition) is 5. The second-order valence-corrected chi connectivity index (χ2v) is 5.32. The minimum atomic E-state index is -1.66. The lowest BCUT2D eigenvalue weighted by Gasteiger charge is -2.04. The molecule has 0 saturated heterocycles. The van der Waals surface area contributed by atoms with Crippen molar-refractivity contribution in [2.75, 3.05) is 0 Å². The zero-order chi connectivity index (χ0) is 12.4. The quantitative estimate of drug-likeness (QED) is 0.399. The van der Waals surface area contributed by atoms with Crippen LogP contribution in [0.3, 0.4) is 0 Å². The highest BCUT2D eigenvalue weighted by atomic mass is 32.2. The van der Waals surface area contributed by atoms with Crippen LogP contribution in [0.1, 0.15) is 0 Å². The van der Waals surface area contributed by atoms with Gasteiger partial charge < -0.3 is 5.11 Å². The monoisotopic (exact) mass is 269 g/mol. The molecule has 0 spiro atoms. The molecule has 0 aliphatic heterocycles. The lowest BCUT2D eigenvalue weighted by Crippen LogP contribution is -2.25. The third-order valence-electron chi connectivity index (χ3n) is 2.07. The van der Waals surface area contributed by atoms with E-state index in [9.17, 15) is 14.9 Å². The summed E-state index contributed by atoms with van der Waals surface area (Å²) in [6, 6.07) is 7.19. The molecular formula is C10H7NO4S2. The SMILES string of the molecule is O=C(O)C(Sc1ccc2sccc2c1)[N+](=O)[O-]. The van der Waals surface area contributed by atoms with Gasteiger partial charge in [-0.25, -0.2) is 4.79 Å². The molecular weight excluding hydrogens is 262 g/mol. The van der Waals surface area contributed by atoms with Gasteiger partial charge in [0.05, 0.1) is 0 Å². The third kappa shape index (κ3) is 2.56. The zero-order valence-corrected chi connectivity index (χ0v) is 10.0. The number of nitrogens with zero attached hydrogens (tertiary/aromatic N) is 1. The molecule has 0 amide bonds. The Labute approximate surface area is 104 Å². The van der Waals surface area contributed by atoms with E-state index in [1.165, 1.54) is 0 Å². The van der Waals surface area contributed by atoms with Crippen LogP contribution in [0.15, 0.2) is 34.5 Å². The number of aliphatic carboxylic acids is 1. The van der Waals surface area contributed by atoms with E-state index in [0.29, 0.717) is 4.90 Å². The molecule has 0 aliphatic carbocycles. The molecule has 2 aromatic rings. The summed E-state index contributed by atoms with van der Waals surface area (Å²) in [7, 11) is 0. The van der Waals surface area contributed by atoms with Crippen LogP contribution in [0, 0.1) is 10.1 Å². The van der Waals surface area contributed by atoms with Gasteiger partial charge in [0.2, 0.25) is 0 Å². The summed E-state index contributed by atoms with van der Waals surface area (Å²) in [5.41, 5.74) is 0. The van der Waals surface area contributed by atoms with Crippen LogP contribution in [-0.4, -0.2) is 21.4 Å². The number of carboxylic acids is 1. The van der Waals surface area contributed by atoms with Gasteiger partial charge in [0.25, 0.3) is 0 Å².